The minimum absolute atomic E-state index is 0.169. The second-order valence-electron chi connectivity index (χ2n) is 5.52. The Bertz CT molecular complexity index is 1080. The van der Waals surface area contributed by atoms with E-state index in [4.69, 9.17) is 11.8 Å². The number of hydrogen-bond acceptors (Lipinski definition) is 6. The van der Waals surface area contributed by atoms with Gasteiger partial charge in [-0.05, 0) is 48.3 Å². The van der Waals surface area contributed by atoms with E-state index < -0.39 is 10.0 Å². The Labute approximate surface area is 165 Å². The molecule has 1 amide bonds. The van der Waals surface area contributed by atoms with Crippen molar-refractivity contribution < 1.29 is 13.2 Å². The summed E-state index contributed by atoms with van der Waals surface area (Å²) in [5.74, 6) is 0.126. The Morgan fingerprint density at radius 1 is 1.22 bits per heavy atom. The maximum Gasteiger partial charge on any atom is 0.273 e. The summed E-state index contributed by atoms with van der Waals surface area (Å²) >= 11 is 6.94. The Balaban J connectivity index is 1.98. The molecule has 3 heterocycles. The van der Waals surface area contributed by atoms with Crippen LogP contribution in [0.1, 0.15) is 15.2 Å². The molecule has 27 heavy (non-hydrogen) atoms. The maximum absolute atomic E-state index is 12.3. The molecule has 140 valence electrons. The first-order valence-electron chi connectivity index (χ1n) is 7.73. The third-order valence-corrected chi connectivity index (χ3v) is 6.61. The van der Waals surface area contributed by atoms with Gasteiger partial charge in [-0.1, -0.05) is 12.1 Å². The van der Waals surface area contributed by atoms with Gasteiger partial charge in [-0.15, -0.1) is 15.2 Å². The standard InChI is InChI=1S/C17H15ClN4O3S2/c1-11-12(13-5-3-7-15(20-13)27(24,25)22(2)18)8-9-19-16(11)21-17(23)14-6-4-10-26-14/h3-10H,1-2H3,(H,19,21,23). The number of anilines is 1. The highest BCUT2D eigenvalue weighted by atomic mass is 35.5. The highest BCUT2D eigenvalue weighted by Crippen LogP contribution is 2.27. The van der Waals surface area contributed by atoms with Gasteiger partial charge in [0.1, 0.15) is 5.82 Å². The minimum atomic E-state index is -3.88. The molecule has 3 aromatic heterocycles. The summed E-state index contributed by atoms with van der Waals surface area (Å²) in [6.07, 6.45) is 1.53. The first-order valence-corrected chi connectivity index (χ1v) is 10.4. The normalized spacial score (nSPS) is 11.6. The number of pyridine rings is 2. The van der Waals surface area contributed by atoms with Gasteiger partial charge in [0, 0.05) is 24.4 Å². The molecular formula is C17H15ClN4O3S2. The molecule has 0 fully saturated rings. The third kappa shape index (κ3) is 4.01. The Kier molecular flexibility index (Phi) is 5.56. The molecule has 10 heteroatoms. The molecule has 0 aliphatic heterocycles. The number of carbonyl (C=O) groups excluding carboxylic acids is 1. The van der Waals surface area contributed by atoms with E-state index in [1.165, 1.54) is 30.6 Å². The van der Waals surface area contributed by atoms with Crippen molar-refractivity contribution in [3.63, 3.8) is 0 Å². The van der Waals surface area contributed by atoms with Crippen LogP contribution >= 0.6 is 23.1 Å². The van der Waals surface area contributed by atoms with Crippen LogP contribution in [0.3, 0.4) is 0 Å². The lowest BCUT2D eigenvalue weighted by Gasteiger charge is -2.12. The van der Waals surface area contributed by atoms with Crippen LogP contribution < -0.4 is 5.32 Å². The van der Waals surface area contributed by atoms with Gasteiger partial charge in [-0.25, -0.2) is 18.4 Å². The molecule has 0 spiro atoms. The number of aromatic nitrogens is 2. The molecule has 0 aliphatic rings. The van der Waals surface area contributed by atoms with Crippen LogP contribution in [0.25, 0.3) is 11.3 Å². The van der Waals surface area contributed by atoms with Crippen molar-refractivity contribution in [1.82, 2.24) is 13.8 Å². The summed E-state index contributed by atoms with van der Waals surface area (Å²) in [4.78, 5) is 21.3. The largest absolute Gasteiger partial charge is 0.306 e. The van der Waals surface area contributed by atoms with Gasteiger partial charge in [-0.3, -0.25) is 4.79 Å². The summed E-state index contributed by atoms with van der Waals surface area (Å²) in [6, 6.07) is 9.85. The molecule has 0 radical (unpaired) electrons. The molecule has 3 aromatic rings. The fourth-order valence-electron chi connectivity index (χ4n) is 2.35. The molecule has 0 aliphatic carbocycles. The number of amides is 1. The zero-order chi connectivity index (χ0) is 19.6. The summed E-state index contributed by atoms with van der Waals surface area (Å²) < 4.78 is 25.0. The molecule has 0 saturated carbocycles. The lowest BCUT2D eigenvalue weighted by atomic mass is 10.1. The minimum Gasteiger partial charge on any atom is -0.306 e. The van der Waals surface area contributed by atoms with E-state index in [1.54, 1.807) is 37.3 Å². The lowest BCUT2D eigenvalue weighted by molar-refractivity contribution is 0.103. The predicted molar refractivity (Wildman–Crippen MR) is 105 cm³/mol. The zero-order valence-corrected chi connectivity index (χ0v) is 16.8. The molecular weight excluding hydrogens is 408 g/mol. The van der Waals surface area contributed by atoms with Gasteiger partial charge in [-0.2, -0.15) is 0 Å². The first-order chi connectivity index (χ1) is 12.8. The van der Waals surface area contributed by atoms with Crippen LogP contribution in [0, 0.1) is 6.92 Å². The van der Waals surface area contributed by atoms with Crippen LogP contribution in [-0.2, 0) is 10.0 Å². The highest BCUT2D eigenvalue weighted by molar-refractivity contribution is 7.89. The molecule has 3 rings (SSSR count). The van der Waals surface area contributed by atoms with Gasteiger partial charge in [0.15, 0.2) is 5.03 Å². The summed E-state index contributed by atoms with van der Waals surface area (Å²) in [6.45, 7) is 1.78. The molecule has 7 nitrogen and oxygen atoms in total. The van der Waals surface area contributed by atoms with Crippen molar-refractivity contribution in [3.8, 4) is 11.3 Å². The van der Waals surface area contributed by atoms with Gasteiger partial charge in [0.25, 0.3) is 15.9 Å². The molecule has 0 unspecified atom stereocenters. The van der Waals surface area contributed by atoms with Gasteiger partial charge < -0.3 is 5.32 Å². The third-order valence-electron chi connectivity index (χ3n) is 3.78. The van der Waals surface area contributed by atoms with Crippen LogP contribution in [0.5, 0.6) is 0 Å². The Morgan fingerprint density at radius 2 is 2.00 bits per heavy atom. The smallest absolute Gasteiger partial charge is 0.273 e. The van der Waals surface area contributed by atoms with Crippen LogP contribution in [0.2, 0.25) is 0 Å². The second kappa shape index (κ2) is 7.73. The number of carbonyl (C=O) groups is 1. The van der Waals surface area contributed by atoms with Crippen LogP contribution in [0.4, 0.5) is 5.82 Å². The topological polar surface area (TPSA) is 92.3 Å². The summed E-state index contributed by atoms with van der Waals surface area (Å²) in [7, 11) is -2.65. The molecule has 0 atom stereocenters. The van der Waals surface area contributed by atoms with E-state index in [1.807, 2.05) is 5.38 Å². The number of rotatable bonds is 5. The van der Waals surface area contributed by atoms with Gasteiger partial charge >= 0.3 is 0 Å². The number of halogens is 1. The Hall–Kier alpha value is -2.33. The first kappa shape index (κ1) is 19.4. The van der Waals surface area contributed by atoms with Crippen molar-refractivity contribution in [2.45, 2.75) is 11.9 Å². The summed E-state index contributed by atoms with van der Waals surface area (Å²) in [5, 5.41) is 4.42. The average molecular weight is 423 g/mol. The number of hydrogen-bond donors (Lipinski definition) is 1. The molecule has 0 aromatic carbocycles. The fourth-order valence-corrected chi connectivity index (χ4v) is 3.91. The van der Waals surface area contributed by atoms with Crippen LogP contribution in [-0.4, -0.2) is 35.2 Å². The highest BCUT2D eigenvalue weighted by Gasteiger charge is 2.22. The van der Waals surface area contributed by atoms with Gasteiger partial charge in [0.05, 0.1) is 10.6 Å². The lowest BCUT2D eigenvalue weighted by Crippen LogP contribution is -2.18. The molecule has 0 saturated heterocycles. The average Bonchev–Trinajstić information content (AvgIpc) is 3.18. The zero-order valence-electron chi connectivity index (χ0n) is 14.4. The van der Waals surface area contributed by atoms with Crippen molar-refractivity contribution in [1.29, 1.82) is 0 Å². The van der Waals surface area contributed by atoms with E-state index >= 15 is 0 Å². The monoisotopic (exact) mass is 422 g/mol. The quantitative estimate of drug-likeness (QED) is 0.635. The van der Waals surface area contributed by atoms with Crippen molar-refractivity contribution in [2.24, 2.45) is 0 Å². The van der Waals surface area contributed by atoms with Crippen molar-refractivity contribution in [3.05, 3.63) is 58.4 Å². The van der Waals surface area contributed by atoms with E-state index in [9.17, 15) is 13.2 Å². The van der Waals surface area contributed by atoms with E-state index in [2.05, 4.69) is 15.3 Å². The van der Waals surface area contributed by atoms with Crippen molar-refractivity contribution >= 4 is 44.9 Å². The summed E-state index contributed by atoms with van der Waals surface area (Å²) in [5.41, 5.74) is 1.76. The maximum atomic E-state index is 12.3. The molecule has 0 bridgehead atoms. The Morgan fingerprint density at radius 3 is 2.67 bits per heavy atom. The van der Waals surface area contributed by atoms with Gasteiger partial charge in [0.2, 0.25) is 0 Å². The fraction of sp³-hybridized carbons (Fsp3) is 0.118. The SMILES string of the molecule is Cc1c(-c2cccc(S(=O)(=O)N(C)Cl)n2)ccnc1NC(=O)c1cccs1. The number of nitrogens with one attached hydrogen (secondary N) is 1. The number of thiophene rings is 1. The molecule has 1 N–H and O–H groups in total. The second-order valence-corrected chi connectivity index (χ2v) is 9.09. The van der Waals surface area contributed by atoms with E-state index in [0.717, 1.165) is 0 Å². The number of nitrogens with zero attached hydrogens (tertiary/aromatic N) is 3. The number of sulfonamides is 1. The predicted octanol–water partition coefficient (Wildman–Crippen LogP) is 3.54. The van der Waals surface area contributed by atoms with E-state index in [-0.39, 0.29) is 10.9 Å². The van der Waals surface area contributed by atoms with Crippen molar-refractivity contribution in [2.75, 3.05) is 12.4 Å². The van der Waals surface area contributed by atoms with E-state index in [0.29, 0.717) is 31.3 Å². The van der Waals surface area contributed by atoms with Crippen LogP contribution in [0.15, 0.2) is 53.0 Å².